The van der Waals surface area contributed by atoms with Gasteiger partial charge in [0.15, 0.2) is 0 Å². The monoisotopic (exact) mass is 314 g/mol. The van der Waals surface area contributed by atoms with E-state index < -0.39 is 0 Å². The highest BCUT2D eigenvalue weighted by molar-refractivity contribution is 9.10. The molecule has 0 fully saturated rings. The van der Waals surface area contributed by atoms with Gasteiger partial charge in [0, 0.05) is 27.4 Å². The second kappa shape index (κ2) is 4.90. The van der Waals surface area contributed by atoms with Crippen molar-refractivity contribution in [3.8, 4) is 0 Å². The van der Waals surface area contributed by atoms with Crippen molar-refractivity contribution in [1.82, 2.24) is 4.98 Å². The van der Waals surface area contributed by atoms with Crippen LogP contribution in [0.4, 0.5) is 5.69 Å². The predicted octanol–water partition coefficient (Wildman–Crippen LogP) is 4.18. The highest BCUT2D eigenvalue weighted by Crippen LogP contribution is 2.18. The van der Waals surface area contributed by atoms with Crippen molar-refractivity contribution in [2.45, 2.75) is 0 Å². The Bertz CT molecular complexity index is 748. The van der Waals surface area contributed by atoms with E-state index in [9.17, 15) is 4.79 Å². The molecule has 19 heavy (non-hydrogen) atoms. The fourth-order valence-corrected chi connectivity index (χ4v) is 2.36. The Labute approximate surface area is 118 Å². The number of benzene rings is 2. The maximum atomic E-state index is 12.2. The molecule has 0 aliphatic rings. The number of H-pyrrole nitrogens is 1. The van der Waals surface area contributed by atoms with Crippen molar-refractivity contribution in [2.75, 3.05) is 5.32 Å². The molecule has 0 bridgehead atoms. The summed E-state index contributed by atoms with van der Waals surface area (Å²) in [4.78, 5) is 15.3. The number of aromatic nitrogens is 1. The molecule has 2 N–H and O–H groups in total. The quantitative estimate of drug-likeness (QED) is 0.732. The van der Waals surface area contributed by atoms with Crippen LogP contribution in [0.5, 0.6) is 0 Å². The zero-order valence-corrected chi connectivity index (χ0v) is 11.6. The second-order valence-corrected chi connectivity index (χ2v) is 5.16. The van der Waals surface area contributed by atoms with Gasteiger partial charge in [-0.15, -0.1) is 0 Å². The van der Waals surface area contributed by atoms with Gasteiger partial charge in [0.2, 0.25) is 0 Å². The van der Waals surface area contributed by atoms with Crippen LogP contribution >= 0.6 is 15.9 Å². The van der Waals surface area contributed by atoms with Crippen LogP contribution in [0.1, 0.15) is 10.4 Å². The molecule has 0 aliphatic heterocycles. The topological polar surface area (TPSA) is 44.9 Å². The summed E-state index contributed by atoms with van der Waals surface area (Å²) in [6.45, 7) is 0. The lowest BCUT2D eigenvalue weighted by atomic mass is 10.1. The second-order valence-electron chi connectivity index (χ2n) is 4.24. The number of aromatic amines is 1. The molecule has 0 aliphatic carbocycles. The Kier molecular flexibility index (Phi) is 3.09. The van der Waals surface area contributed by atoms with E-state index in [2.05, 4.69) is 26.2 Å². The summed E-state index contributed by atoms with van der Waals surface area (Å²) < 4.78 is 0.935. The normalized spacial score (nSPS) is 10.6. The number of carbonyl (C=O) groups excluding carboxylic acids is 1. The minimum atomic E-state index is -0.116. The van der Waals surface area contributed by atoms with E-state index in [1.807, 2.05) is 54.7 Å². The lowest BCUT2D eigenvalue weighted by Gasteiger charge is -2.05. The van der Waals surface area contributed by atoms with Gasteiger partial charge in [-0.25, -0.2) is 0 Å². The SMILES string of the molecule is O=C(Nc1cccc(Br)c1)c1ccc2cc[nH]c2c1. The number of hydrogen-bond donors (Lipinski definition) is 2. The first kappa shape index (κ1) is 12.0. The number of amides is 1. The van der Waals surface area contributed by atoms with Crippen molar-refractivity contribution >= 4 is 38.4 Å². The van der Waals surface area contributed by atoms with Crippen LogP contribution in [0.15, 0.2) is 59.2 Å². The van der Waals surface area contributed by atoms with Gasteiger partial charge in [0.05, 0.1) is 0 Å². The van der Waals surface area contributed by atoms with Crippen LogP contribution in [0.2, 0.25) is 0 Å². The highest BCUT2D eigenvalue weighted by atomic mass is 79.9. The fraction of sp³-hybridized carbons (Fsp3) is 0. The van der Waals surface area contributed by atoms with Crippen LogP contribution in [0, 0.1) is 0 Å². The van der Waals surface area contributed by atoms with Crippen LogP contribution in [0.3, 0.4) is 0 Å². The molecule has 4 heteroatoms. The third-order valence-corrected chi connectivity index (χ3v) is 3.39. The molecule has 1 heterocycles. The maximum absolute atomic E-state index is 12.2. The minimum absolute atomic E-state index is 0.116. The van der Waals surface area contributed by atoms with Gasteiger partial charge in [-0.1, -0.05) is 28.1 Å². The molecule has 0 radical (unpaired) electrons. The predicted molar refractivity (Wildman–Crippen MR) is 80.4 cm³/mol. The van der Waals surface area contributed by atoms with Gasteiger partial charge >= 0.3 is 0 Å². The summed E-state index contributed by atoms with van der Waals surface area (Å²) in [5, 5.41) is 3.97. The van der Waals surface area contributed by atoms with Crippen molar-refractivity contribution in [3.63, 3.8) is 0 Å². The lowest BCUT2D eigenvalue weighted by Crippen LogP contribution is -2.11. The van der Waals surface area contributed by atoms with Gasteiger partial charge in [-0.3, -0.25) is 4.79 Å². The molecule has 0 saturated heterocycles. The van der Waals surface area contributed by atoms with E-state index in [0.717, 1.165) is 21.1 Å². The van der Waals surface area contributed by atoms with Gasteiger partial charge in [0.1, 0.15) is 0 Å². The van der Waals surface area contributed by atoms with Crippen molar-refractivity contribution in [2.24, 2.45) is 0 Å². The number of anilines is 1. The Morgan fingerprint density at radius 2 is 2.00 bits per heavy atom. The molecule has 0 spiro atoms. The molecule has 1 amide bonds. The summed E-state index contributed by atoms with van der Waals surface area (Å²) >= 11 is 3.38. The fourth-order valence-electron chi connectivity index (χ4n) is 1.96. The van der Waals surface area contributed by atoms with E-state index in [-0.39, 0.29) is 5.91 Å². The Morgan fingerprint density at radius 3 is 2.84 bits per heavy atom. The third kappa shape index (κ3) is 2.53. The first-order valence-corrected chi connectivity index (χ1v) is 6.66. The van der Waals surface area contributed by atoms with Crippen LogP contribution in [0.25, 0.3) is 10.9 Å². The van der Waals surface area contributed by atoms with E-state index in [1.54, 1.807) is 0 Å². The molecule has 2 aromatic carbocycles. The molecular formula is C15H11BrN2O. The smallest absolute Gasteiger partial charge is 0.255 e. The maximum Gasteiger partial charge on any atom is 0.255 e. The van der Waals surface area contributed by atoms with E-state index in [4.69, 9.17) is 0 Å². The molecular weight excluding hydrogens is 304 g/mol. The third-order valence-electron chi connectivity index (χ3n) is 2.90. The Balaban J connectivity index is 1.87. The van der Waals surface area contributed by atoms with Gasteiger partial charge in [-0.05, 0) is 41.8 Å². The molecule has 0 unspecified atom stereocenters. The van der Waals surface area contributed by atoms with Crippen LogP contribution < -0.4 is 5.32 Å². The molecule has 3 aromatic rings. The summed E-state index contributed by atoms with van der Waals surface area (Å²) in [5.74, 6) is -0.116. The zero-order chi connectivity index (χ0) is 13.2. The van der Waals surface area contributed by atoms with Crippen LogP contribution in [-0.4, -0.2) is 10.9 Å². The highest BCUT2D eigenvalue weighted by Gasteiger charge is 2.07. The summed E-state index contributed by atoms with van der Waals surface area (Å²) in [6.07, 6.45) is 1.86. The number of rotatable bonds is 2. The zero-order valence-electron chi connectivity index (χ0n) is 9.98. The Morgan fingerprint density at radius 1 is 1.11 bits per heavy atom. The number of carbonyl (C=O) groups is 1. The number of halogens is 1. The molecule has 94 valence electrons. The molecule has 0 saturated carbocycles. The average Bonchev–Trinajstić information content (AvgIpc) is 2.85. The molecule has 1 aromatic heterocycles. The van der Waals surface area contributed by atoms with E-state index in [1.165, 1.54) is 0 Å². The standard InChI is InChI=1S/C15H11BrN2O/c16-12-2-1-3-13(9-12)18-15(19)11-5-4-10-6-7-17-14(10)8-11/h1-9,17H,(H,18,19). The lowest BCUT2D eigenvalue weighted by molar-refractivity contribution is 0.102. The summed E-state index contributed by atoms with van der Waals surface area (Å²) in [6, 6.07) is 15.1. The molecule has 0 atom stereocenters. The minimum Gasteiger partial charge on any atom is -0.361 e. The molecule has 3 rings (SSSR count). The summed E-state index contributed by atoms with van der Waals surface area (Å²) in [5.41, 5.74) is 2.36. The van der Waals surface area contributed by atoms with Gasteiger partial charge in [0.25, 0.3) is 5.91 Å². The van der Waals surface area contributed by atoms with Gasteiger partial charge in [-0.2, -0.15) is 0 Å². The number of fused-ring (bicyclic) bond motifs is 1. The van der Waals surface area contributed by atoms with E-state index >= 15 is 0 Å². The first-order chi connectivity index (χ1) is 9.22. The summed E-state index contributed by atoms with van der Waals surface area (Å²) in [7, 11) is 0. The Hall–Kier alpha value is -2.07. The van der Waals surface area contributed by atoms with Crippen molar-refractivity contribution in [3.05, 3.63) is 64.8 Å². The number of hydrogen-bond acceptors (Lipinski definition) is 1. The van der Waals surface area contributed by atoms with E-state index in [0.29, 0.717) is 5.56 Å². The van der Waals surface area contributed by atoms with Gasteiger partial charge < -0.3 is 10.3 Å². The average molecular weight is 315 g/mol. The van der Waals surface area contributed by atoms with Crippen molar-refractivity contribution in [1.29, 1.82) is 0 Å². The van der Waals surface area contributed by atoms with Crippen LogP contribution in [-0.2, 0) is 0 Å². The largest absolute Gasteiger partial charge is 0.361 e. The first-order valence-electron chi connectivity index (χ1n) is 5.86. The number of nitrogens with one attached hydrogen (secondary N) is 2. The molecule has 3 nitrogen and oxygen atoms in total. The van der Waals surface area contributed by atoms with Crippen molar-refractivity contribution < 1.29 is 4.79 Å².